The summed E-state index contributed by atoms with van der Waals surface area (Å²) in [6, 6.07) is 6.84. The molecule has 0 unspecified atom stereocenters. The molecule has 96 valence electrons. The van der Waals surface area contributed by atoms with Crippen LogP contribution in [0.2, 0.25) is 0 Å². The minimum atomic E-state index is -3.26. The number of nitrogen functional groups attached to an aromatic ring is 1. The Balaban J connectivity index is 2.52. The number of rotatable bonds is 6. The molecule has 0 radical (unpaired) electrons. The fraction of sp³-hybridized carbons (Fsp3) is 0.455. The molecule has 0 atom stereocenters. The average Bonchev–Trinajstić information content (AvgIpc) is 2.20. The third-order valence-electron chi connectivity index (χ3n) is 2.22. The van der Waals surface area contributed by atoms with Crippen molar-refractivity contribution in [1.82, 2.24) is 9.62 Å². The summed E-state index contributed by atoms with van der Waals surface area (Å²) >= 11 is 0. The molecule has 0 fully saturated rings. The molecular formula is C11H19N3O2S. The van der Waals surface area contributed by atoms with Gasteiger partial charge in [0.2, 0.25) is 10.0 Å². The molecule has 0 aliphatic carbocycles. The second-order valence-electron chi connectivity index (χ2n) is 4.20. The van der Waals surface area contributed by atoms with Crippen LogP contribution in [0, 0.1) is 0 Å². The van der Waals surface area contributed by atoms with Crippen molar-refractivity contribution in [3.63, 3.8) is 0 Å². The molecule has 0 amide bonds. The van der Waals surface area contributed by atoms with Crippen LogP contribution in [0.4, 0.5) is 5.69 Å². The van der Waals surface area contributed by atoms with Crippen molar-refractivity contribution in [3.05, 3.63) is 29.8 Å². The van der Waals surface area contributed by atoms with E-state index in [1.54, 1.807) is 24.3 Å². The number of nitrogens with one attached hydrogen (secondary N) is 1. The lowest BCUT2D eigenvalue weighted by atomic mass is 10.2. The van der Waals surface area contributed by atoms with Crippen molar-refractivity contribution >= 4 is 15.7 Å². The topological polar surface area (TPSA) is 75.4 Å². The van der Waals surface area contributed by atoms with Gasteiger partial charge >= 0.3 is 0 Å². The molecule has 5 nitrogen and oxygen atoms in total. The van der Waals surface area contributed by atoms with Crippen LogP contribution in [-0.2, 0) is 15.8 Å². The molecular weight excluding hydrogens is 238 g/mol. The number of nitrogens with two attached hydrogens (primary N) is 1. The van der Waals surface area contributed by atoms with Gasteiger partial charge in [0.15, 0.2) is 0 Å². The van der Waals surface area contributed by atoms with E-state index in [-0.39, 0.29) is 5.75 Å². The summed E-state index contributed by atoms with van der Waals surface area (Å²) in [4.78, 5) is 1.92. The lowest BCUT2D eigenvalue weighted by Crippen LogP contribution is -2.32. The Morgan fingerprint density at radius 1 is 1.24 bits per heavy atom. The lowest BCUT2D eigenvalue weighted by Gasteiger charge is -2.11. The Bertz CT molecular complexity index is 440. The second kappa shape index (κ2) is 6.00. The highest BCUT2D eigenvalue weighted by molar-refractivity contribution is 7.88. The van der Waals surface area contributed by atoms with Gasteiger partial charge in [0.25, 0.3) is 0 Å². The summed E-state index contributed by atoms with van der Waals surface area (Å²) in [7, 11) is 0.534. The monoisotopic (exact) mass is 257 g/mol. The Hall–Kier alpha value is -1.11. The van der Waals surface area contributed by atoms with Crippen LogP contribution in [0.3, 0.4) is 0 Å². The first-order valence-corrected chi connectivity index (χ1v) is 7.01. The second-order valence-corrected chi connectivity index (χ2v) is 6.01. The first kappa shape index (κ1) is 14.0. The summed E-state index contributed by atoms with van der Waals surface area (Å²) in [6.07, 6.45) is 0. The largest absolute Gasteiger partial charge is 0.399 e. The Morgan fingerprint density at radius 2 is 1.82 bits per heavy atom. The van der Waals surface area contributed by atoms with Gasteiger partial charge in [0, 0.05) is 18.8 Å². The minimum absolute atomic E-state index is 0.0132. The fourth-order valence-corrected chi connectivity index (χ4v) is 2.44. The van der Waals surface area contributed by atoms with E-state index in [1.165, 1.54) is 0 Å². The number of likely N-dealkylation sites (N-methyl/N-ethyl adjacent to an activating group) is 1. The average molecular weight is 257 g/mol. The van der Waals surface area contributed by atoms with Gasteiger partial charge in [0.05, 0.1) is 5.75 Å². The number of hydrogen-bond acceptors (Lipinski definition) is 4. The SMILES string of the molecule is CN(C)CCNS(=O)(=O)Cc1ccc(N)cc1. The van der Waals surface area contributed by atoms with Gasteiger partial charge in [-0.3, -0.25) is 0 Å². The van der Waals surface area contributed by atoms with Crippen LogP contribution < -0.4 is 10.5 Å². The standard InChI is InChI=1S/C11H19N3O2S/c1-14(2)8-7-13-17(15,16)9-10-3-5-11(12)6-4-10/h3-6,13H,7-9,12H2,1-2H3. The van der Waals surface area contributed by atoms with Gasteiger partial charge in [-0.2, -0.15) is 0 Å². The van der Waals surface area contributed by atoms with E-state index in [4.69, 9.17) is 5.73 Å². The maximum Gasteiger partial charge on any atom is 0.215 e. The van der Waals surface area contributed by atoms with Crippen molar-refractivity contribution in [1.29, 1.82) is 0 Å². The summed E-state index contributed by atoms with van der Waals surface area (Å²) in [5, 5.41) is 0. The number of nitrogens with zero attached hydrogens (tertiary/aromatic N) is 1. The van der Waals surface area contributed by atoms with Crippen molar-refractivity contribution in [2.45, 2.75) is 5.75 Å². The number of hydrogen-bond donors (Lipinski definition) is 2. The molecule has 0 aliphatic heterocycles. The van der Waals surface area contributed by atoms with E-state index >= 15 is 0 Å². The molecule has 0 aliphatic rings. The van der Waals surface area contributed by atoms with Gasteiger partial charge in [-0.15, -0.1) is 0 Å². The van der Waals surface area contributed by atoms with E-state index in [0.29, 0.717) is 18.8 Å². The molecule has 17 heavy (non-hydrogen) atoms. The third kappa shape index (κ3) is 5.67. The minimum Gasteiger partial charge on any atom is -0.399 e. The first-order chi connectivity index (χ1) is 7.89. The molecule has 0 spiro atoms. The summed E-state index contributed by atoms with van der Waals surface area (Å²) < 4.78 is 26.0. The molecule has 0 saturated carbocycles. The third-order valence-corrected chi connectivity index (χ3v) is 3.57. The number of anilines is 1. The van der Waals surface area contributed by atoms with Crippen LogP contribution >= 0.6 is 0 Å². The van der Waals surface area contributed by atoms with Crippen LogP contribution in [0.5, 0.6) is 0 Å². The van der Waals surface area contributed by atoms with Gasteiger partial charge in [-0.25, -0.2) is 13.1 Å². The zero-order valence-corrected chi connectivity index (χ0v) is 11.0. The highest BCUT2D eigenvalue weighted by atomic mass is 32.2. The van der Waals surface area contributed by atoms with Crippen LogP contribution in [0.25, 0.3) is 0 Å². The highest BCUT2D eigenvalue weighted by Crippen LogP contribution is 2.08. The maximum atomic E-state index is 11.7. The van der Waals surface area contributed by atoms with E-state index < -0.39 is 10.0 Å². The predicted octanol–water partition coefficient (Wildman–Crippen LogP) is 0.250. The lowest BCUT2D eigenvalue weighted by molar-refractivity contribution is 0.412. The van der Waals surface area contributed by atoms with E-state index in [0.717, 1.165) is 5.56 Å². The van der Waals surface area contributed by atoms with Crippen molar-refractivity contribution in [2.24, 2.45) is 0 Å². The Labute approximate surface area is 103 Å². The molecule has 1 aromatic rings. The zero-order chi connectivity index (χ0) is 12.9. The molecule has 6 heteroatoms. The summed E-state index contributed by atoms with van der Waals surface area (Å²) in [5.41, 5.74) is 6.90. The van der Waals surface area contributed by atoms with Gasteiger partial charge in [-0.05, 0) is 31.8 Å². The van der Waals surface area contributed by atoms with Crippen LogP contribution in [-0.4, -0.2) is 40.5 Å². The first-order valence-electron chi connectivity index (χ1n) is 5.35. The Morgan fingerprint density at radius 3 is 2.35 bits per heavy atom. The van der Waals surface area contributed by atoms with E-state index in [1.807, 2.05) is 19.0 Å². The van der Waals surface area contributed by atoms with Gasteiger partial charge in [-0.1, -0.05) is 12.1 Å². The van der Waals surface area contributed by atoms with E-state index in [9.17, 15) is 8.42 Å². The quantitative estimate of drug-likeness (QED) is 0.716. The summed E-state index contributed by atoms with van der Waals surface area (Å²) in [5.74, 6) is -0.0132. The molecule has 0 aromatic heterocycles. The van der Waals surface area contributed by atoms with E-state index in [2.05, 4.69) is 4.72 Å². The van der Waals surface area contributed by atoms with Gasteiger partial charge in [0.1, 0.15) is 0 Å². The van der Waals surface area contributed by atoms with Crippen molar-refractivity contribution < 1.29 is 8.42 Å². The molecule has 0 heterocycles. The Kier molecular flexibility index (Phi) is 4.92. The maximum absolute atomic E-state index is 11.7. The molecule has 1 rings (SSSR count). The van der Waals surface area contributed by atoms with Crippen LogP contribution in [0.1, 0.15) is 5.56 Å². The summed E-state index contributed by atoms with van der Waals surface area (Å²) in [6.45, 7) is 1.10. The number of sulfonamides is 1. The molecule has 0 bridgehead atoms. The number of benzene rings is 1. The molecule has 0 saturated heterocycles. The zero-order valence-electron chi connectivity index (χ0n) is 10.2. The van der Waals surface area contributed by atoms with Crippen molar-refractivity contribution in [3.8, 4) is 0 Å². The predicted molar refractivity (Wildman–Crippen MR) is 70.0 cm³/mol. The smallest absolute Gasteiger partial charge is 0.215 e. The highest BCUT2D eigenvalue weighted by Gasteiger charge is 2.10. The molecule has 3 N–H and O–H groups in total. The van der Waals surface area contributed by atoms with Crippen molar-refractivity contribution in [2.75, 3.05) is 32.9 Å². The van der Waals surface area contributed by atoms with Gasteiger partial charge < -0.3 is 10.6 Å². The normalized spacial score (nSPS) is 11.9. The van der Waals surface area contributed by atoms with Crippen LogP contribution in [0.15, 0.2) is 24.3 Å². The fourth-order valence-electron chi connectivity index (χ4n) is 1.31. The molecule has 1 aromatic carbocycles.